The summed E-state index contributed by atoms with van der Waals surface area (Å²) >= 11 is 3.37. The zero-order valence-electron chi connectivity index (χ0n) is 13.3. The molecule has 0 saturated carbocycles. The molecule has 0 radical (unpaired) electrons. The Morgan fingerprint density at radius 1 is 1.04 bits per heavy atom. The van der Waals surface area contributed by atoms with E-state index in [1.165, 1.54) is 6.92 Å². The largest absolute Gasteiger partial charge is 0.508 e. The zero-order chi connectivity index (χ0) is 17.5. The van der Waals surface area contributed by atoms with Crippen molar-refractivity contribution < 1.29 is 14.7 Å². The minimum atomic E-state index is -0.664. The molecule has 0 aliphatic carbocycles. The van der Waals surface area contributed by atoms with Gasteiger partial charge in [0.2, 0.25) is 11.8 Å². The number of carbonyl (C=O) groups is 2. The van der Waals surface area contributed by atoms with E-state index in [1.54, 1.807) is 24.3 Å². The minimum Gasteiger partial charge on any atom is -0.508 e. The topological polar surface area (TPSA) is 78.4 Å². The third-order valence-corrected chi connectivity index (χ3v) is 3.98. The molecule has 0 aliphatic rings. The van der Waals surface area contributed by atoms with Gasteiger partial charge in [0.05, 0.1) is 0 Å². The Morgan fingerprint density at radius 3 is 2.21 bits per heavy atom. The van der Waals surface area contributed by atoms with Crippen molar-refractivity contribution in [1.29, 1.82) is 0 Å². The minimum absolute atomic E-state index is 0.162. The van der Waals surface area contributed by atoms with Gasteiger partial charge in [-0.1, -0.05) is 40.2 Å². The number of aromatic hydroxyl groups is 1. The van der Waals surface area contributed by atoms with E-state index < -0.39 is 6.04 Å². The van der Waals surface area contributed by atoms with Crippen molar-refractivity contribution in [3.63, 3.8) is 0 Å². The summed E-state index contributed by atoms with van der Waals surface area (Å²) in [4.78, 5) is 23.8. The van der Waals surface area contributed by atoms with Gasteiger partial charge in [-0.15, -0.1) is 0 Å². The van der Waals surface area contributed by atoms with Crippen molar-refractivity contribution in [1.82, 2.24) is 10.6 Å². The number of hydrogen-bond donors (Lipinski definition) is 3. The molecule has 0 aromatic heterocycles. The number of phenolic OH excluding ortho intramolecular Hbond substituents is 1. The van der Waals surface area contributed by atoms with Crippen LogP contribution in [0.1, 0.15) is 18.1 Å². The molecule has 3 N–H and O–H groups in total. The predicted molar refractivity (Wildman–Crippen MR) is 95.4 cm³/mol. The summed E-state index contributed by atoms with van der Waals surface area (Å²) in [5, 5.41) is 14.8. The molecule has 0 unspecified atom stereocenters. The maximum atomic E-state index is 12.4. The molecule has 24 heavy (non-hydrogen) atoms. The molecule has 0 bridgehead atoms. The van der Waals surface area contributed by atoms with Crippen molar-refractivity contribution in [3.05, 3.63) is 64.1 Å². The molecule has 0 spiro atoms. The lowest BCUT2D eigenvalue weighted by Gasteiger charge is -2.18. The van der Waals surface area contributed by atoms with Gasteiger partial charge in [0.25, 0.3) is 0 Å². The predicted octanol–water partition coefficient (Wildman–Crippen LogP) is 2.52. The quantitative estimate of drug-likeness (QED) is 0.708. The van der Waals surface area contributed by atoms with E-state index in [9.17, 15) is 14.7 Å². The Labute approximate surface area is 149 Å². The normalized spacial score (nSPS) is 11.6. The van der Waals surface area contributed by atoms with Crippen LogP contribution < -0.4 is 10.6 Å². The third-order valence-electron chi connectivity index (χ3n) is 3.45. The number of halogens is 1. The maximum Gasteiger partial charge on any atom is 0.243 e. The van der Waals surface area contributed by atoms with Crippen molar-refractivity contribution in [2.45, 2.75) is 25.9 Å². The van der Waals surface area contributed by atoms with Crippen molar-refractivity contribution in [2.75, 3.05) is 0 Å². The molecule has 0 aliphatic heterocycles. The highest BCUT2D eigenvalue weighted by Gasteiger charge is 2.19. The Balaban J connectivity index is 2.00. The average Bonchev–Trinajstić information content (AvgIpc) is 2.55. The first-order valence-corrected chi connectivity index (χ1v) is 8.30. The lowest BCUT2D eigenvalue weighted by Crippen LogP contribution is -2.47. The SMILES string of the molecule is CC(=O)N[C@@H](Cc1ccc(O)cc1)C(=O)NCc1ccc(Br)cc1. The standard InChI is InChI=1S/C18H19BrN2O3/c1-12(22)21-17(10-13-4-8-16(23)9-5-13)18(24)20-11-14-2-6-15(19)7-3-14/h2-9,17,23H,10-11H2,1H3,(H,20,24)(H,21,22)/t17-/m0/s1. The molecule has 6 heteroatoms. The molecular formula is C18H19BrN2O3. The van der Waals surface area contributed by atoms with Crippen LogP contribution in [0.15, 0.2) is 53.0 Å². The first-order valence-electron chi connectivity index (χ1n) is 7.51. The maximum absolute atomic E-state index is 12.4. The van der Waals surface area contributed by atoms with Crippen LogP contribution in [0.2, 0.25) is 0 Å². The van der Waals surface area contributed by atoms with Gasteiger partial charge in [0.15, 0.2) is 0 Å². The molecule has 1 atom stereocenters. The smallest absolute Gasteiger partial charge is 0.243 e. The molecule has 126 valence electrons. The van der Waals surface area contributed by atoms with Gasteiger partial charge in [-0.05, 0) is 35.4 Å². The summed E-state index contributed by atoms with van der Waals surface area (Å²) in [6.07, 6.45) is 0.353. The van der Waals surface area contributed by atoms with E-state index in [2.05, 4.69) is 26.6 Å². The van der Waals surface area contributed by atoms with Crippen LogP contribution in [0.5, 0.6) is 5.75 Å². The Hall–Kier alpha value is -2.34. The Morgan fingerprint density at radius 2 is 1.62 bits per heavy atom. The lowest BCUT2D eigenvalue weighted by molar-refractivity contribution is -0.128. The molecule has 0 saturated heterocycles. The fraction of sp³-hybridized carbons (Fsp3) is 0.222. The summed E-state index contributed by atoms with van der Waals surface area (Å²) in [5.74, 6) is -0.353. The summed E-state index contributed by atoms with van der Waals surface area (Å²) in [6, 6.07) is 13.5. The van der Waals surface area contributed by atoms with Gasteiger partial charge in [0, 0.05) is 24.4 Å². The number of hydrogen-bond acceptors (Lipinski definition) is 3. The van der Waals surface area contributed by atoms with Crippen LogP contribution >= 0.6 is 15.9 Å². The van der Waals surface area contributed by atoms with Crippen LogP contribution in [-0.2, 0) is 22.6 Å². The van der Waals surface area contributed by atoms with Gasteiger partial charge in [-0.2, -0.15) is 0 Å². The van der Waals surface area contributed by atoms with Gasteiger partial charge in [-0.25, -0.2) is 0 Å². The highest BCUT2D eigenvalue weighted by atomic mass is 79.9. The molecule has 0 fully saturated rings. The van der Waals surface area contributed by atoms with E-state index >= 15 is 0 Å². The van der Waals surface area contributed by atoms with Crippen molar-refractivity contribution in [3.8, 4) is 5.75 Å². The number of carbonyl (C=O) groups excluding carboxylic acids is 2. The van der Waals surface area contributed by atoms with E-state index in [-0.39, 0.29) is 17.6 Å². The monoisotopic (exact) mass is 390 g/mol. The third kappa shape index (κ3) is 5.70. The molecule has 2 aromatic carbocycles. The van der Waals surface area contributed by atoms with Crippen molar-refractivity contribution in [2.24, 2.45) is 0 Å². The van der Waals surface area contributed by atoms with Gasteiger partial charge < -0.3 is 15.7 Å². The van der Waals surface area contributed by atoms with Crippen molar-refractivity contribution >= 4 is 27.7 Å². The van der Waals surface area contributed by atoms with Crippen LogP contribution in [0.25, 0.3) is 0 Å². The fourth-order valence-electron chi connectivity index (χ4n) is 2.24. The number of nitrogens with one attached hydrogen (secondary N) is 2. The highest BCUT2D eigenvalue weighted by molar-refractivity contribution is 9.10. The first-order chi connectivity index (χ1) is 11.4. The van der Waals surface area contributed by atoms with Crippen LogP contribution in [0, 0.1) is 0 Å². The van der Waals surface area contributed by atoms with E-state index in [4.69, 9.17) is 0 Å². The molecule has 2 amide bonds. The Bertz CT molecular complexity index is 699. The van der Waals surface area contributed by atoms with Gasteiger partial charge in [-0.3, -0.25) is 9.59 Å². The average molecular weight is 391 g/mol. The number of phenols is 1. The molecule has 2 rings (SSSR count). The fourth-order valence-corrected chi connectivity index (χ4v) is 2.50. The second-order valence-corrected chi connectivity index (χ2v) is 6.38. The molecule has 2 aromatic rings. The van der Waals surface area contributed by atoms with Crippen LogP contribution in [-0.4, -0.2) is 23.0 Å². The highest BCUT2D eigenvalue weighted by Crippen LogP contribution is 2.12. The molecular weight excluding hydrogens is 372 g/mol. The van der Waals surface area contributed by atoms with E-state index in [0.717, 1.165) is 15.6 Å². The van der Waals surface area contributed by atoms with E-state index in [1.807, 2.05) is 24.3 Å². The second-order valence-electron chi connectivity index (χ2n) is 5.47. The lowest BCUT2D eigenvalue weighted by atomic mass is 10.0. The van der Waals surface area contributed by atoms with E-state index in [0.29, 0.717) is 13.0 Å². The summed E-state index contributed by atoms with van der Waals surface area (Å²) in [5.41, 5.74) is 1.82. The number of amides is 2. The number of benzene rings is 2. The first kappa shape index (κ1) is 18.0. The summed E-state index contributed by atoms with van der Waals surface area (Å²) < 4.78 is 0.973. The second kappa shape index (κ2) is 8.49. The molecule has 0 heterocycles. The molecule has 5 nitrogen and oxygen atoms in total. The summed E-state index contributed by atoms with van der Waals surface area (Å²) in [6.45, 7) is 1.77. The number of rotatable bonds is 6. The van der Waals surface area contributed by atoms with Gasteiger partial charge in [0.1, 0.15) is 11.8 Å². The van der Waals surface area contributed by atoms with Crippen LogP contribution in [0.3, 0.4) is 0 Å². The van der Waals surface area contributed by atoms with Crippen LogP contribution in [0.4, 0.5) is 0 Å². The zero-order valence-corrected chi connectivity index (χ0v) is 14.8. The Kier molecular flexibility index (Phi) is 6.37. The summed E-state index contributed by atoms with van der Waals surface area (Å²) in [7, 11) is 0. The van der Waals surface area contributed by atoms with Gasteiger partial charge >= 0.3 is 0 Å².